The molecule has 6 nitrogen and oxygen atoms in total. The Balaban J connectivity index is 2.44. The van der Waals surface area contributed by atoms with Gasteiger partial charge in [-0.15, -0.1) is 10.2 Å². The lowest BCUT2D eigenvalue weighted by molar-refractivity contribution is 0.0763. The zero-order chi connectivity index (χ0) is 17.7. The predicted octanol–water partition coefficient (Wildman–Crippen LogP) is 4.47. The molecule has 8 heteroatoms. The third-order valence-corrected chi connectivity index (χ3v) is 3.14. The summed E-state index contributed by atoms with van der Waals surface area (Å²) in [5, 5.41) is 16.4. The Kier molecular flexibility index (Phi) is 5.60. The van der Waals surface area contributed by atoms with Crippen LogP contribution in [-0.2, 0) is 4.74 Å². The molecule has 0 spiro atoms. The fourth-order valence-corrected chi connectivity index (χ4v) is 2.00. The molecule has 2 rings (SSSR count). The van der Waals surface area contributed by atoms with Gasteiger partial charge >= 0.3 is 0 Å². The highest BCUT2D eigenvalue weighted by Crippen LogP contribution is 2.30. The maximum Gasteiger partial charge on any atom is 0.245 e. The lowest BCUT2D eigenvalue weighted by Crippen LogP contribution is -2.17. The van der Waals surface area contributed by atoms with E-state index in [1.165, 1.54) is 6.26 Å². The van der Waals surface area contributed by atoms with E-state index in [1.807, 2.05) is 20.8 Å². The third-order valence-electron chi connectivity index (χ3n) is 2.74. The maximum atomic E-state index is 8.93. The molecule has 0 bridgehead atoms. The van der Waals surface area contributed by atoms with Gasteiger partial charge in [0.05, 0.1) is 17.2 Å². The normalized spacial score (nSPS) is 11.3. The molecule has 0 saturated carbocycles. The second kappa shape index (κ2) is 7.47. The van der Waals surface area contributed by atoms with Crippen molar-refractivity contribution in [3.8, 4) is 6.07 Å². The minimum atomic E-state index is -0.349. The van der Waals surface area contributed by atoms with Crippen molar-refractivity contribution in [1.82, 2.24) is 15.2 Å². The molecular formula is C16H15Cl2N5O. The molecule has 1 heterocycles. The Labute approximate surface area is 150 Å². The van der Waals surface area contributed by atoms with Gasteiger partial charge in [-0.05, 0) is 56.6 Å². The quantitative estimate of drug-likeness (QED) is 0.745. The topological polar surface area (TPSA) is 74.9 Å². The number of ether oxygens (including phenoxy) is 1. The van der Waals surface area contributed by atoms with Gasteiger partial charge in [0, 0.05) is 11.9 Å². The molecule has 0 N–H and O–H groups in total. The van der Waals surface area contributed by atoms with E-state index in [4.69, 9.17) is 33.2 Å². The minimum absolute atomic E-state index is 0.0295. The summed E-state index contributed by atoms with van der Waals surface area (Å²) in [5.74, 6) is 0.301. The zero-order valence-electron chi connectivity index (χ0n) is 13.4. The first-order chi connectivity index (χ1) is 11.3. The van der Waals surface area contributed by atoms with Gasteiger partial charge < -0.3 is 4.74 Å². The predicted molar refractivity (Wildman–Crippen MR) is 93.1 cm³/mol. The SMILES string of the molecule is CC(C)(C)OC=CN(c1ccc(C#N)cc1)c1nc(Cl)nnc1Cl. The van der Waals surface area contributed by atoms with Crippen LogP contribution in [0.1, 0.15) is 26.3 Å². The Morgan fingerprint density at radius 1 is 1.17 bits per heavy atom. The second-order valence-corrected chi connectivity index (χ2v) is 6.44. The molecular weight excluding hydrogens is 349 g/mol. The van der Waals surface area contributed by atoms with Crippen LogP contribution in [0.4, 0.5) is 11.5 Å². The average molecular weight is 364 g/mol. The van der Waals surface area contributed by atoms with E-state index in [9.17, 15) is 0 Å². The molecule has 0 aliphatic carbocycles. The van der Waals surface area contributed by atoms with Crippen LogP contribution in [-0.4, -0.2) is 20.8 Å². The van der Waals surface area contributed by atoms with Crippen molar-refractivity contribution in [3.63, 3.8) is 0 Å². The smallest absolute Gasteiger partial charge is 0.245 e. The first-order valence-electron chi connectivity index (χ1n) is 7.00. The maximum absolute atomic E-state index is 8.93. The Hall–Kier alpha value is -2.36. The Morgan fingerprint density at radius 3 is 2.42 bits per heavy atom. The van der Waals surface area contributed by atoms with Gasteiger partial charge in [-0.2, -0.15) is 10.2 Å². The van der Waals surface area contributed by atoms with Gasteiger partial charge in [0.25, 0.3) is 0 Å². The number of hydrogen-bond acceptors (Lipinski definition) is 6. The molecule has 0 saturated heterocycles. The van der Waals surface area contributed by atoms with Crippen LogP contribution in [0.3, 0.4) is 0 Å². The Bertz CT molecular complexity index is 779. The second-order valence-electron chi connectivity index (χ2n) is 5.74. The van der Waals surface area contributed by atoms with Gasteiger partial charge in [-0.25, -0.2) is 0 Å². The first-order valence-corrected chi connectivity index (χ1v) is 7.75. The van der Waals surface area contributed by atoms with Gasteiger partial charge in [0.2, 0.25) is 5.28 Å². The summed E-state index contributed by atoms with van der Waals surface area (Å²) in [7, 11) is 0. The fraction of sp³-hybridized carbons (Fsp3) is 0.250. The molecule has 0 aliphatic heterocycles. The van der Waals surface area contributed by atoms with Crippen molar-refractivity contribution < 1.29 is 4.74 Å². The number of nitrogens with zero attached hydrogens (tertiary/aromatic N) is 5. The number of nitriles is 1. The van der Waals surface area contributed by atoms with Crippen molar-refractivity contribution in [2.75, 3.05) is 4.90 Å². The monoisotopic (exact) mass is 363 g/mol. The Morgan fingerprint density at radius 2 is 1.83 bits per heavy atom. The summed E-state index contributed by atoms with van der Waals surface area (Å²) in [5.41, 5.74) is 0.901. The molecule has 0 fully saturated rings. The van der Waals surface area contributed by atoms with Crippen LogP contribution < -0.4 is 4.90 Å². The fourth-order valence-electron chi connectivity index (χ4n) is 1.71. The molecule has 2 aromatic rings. The summed E-state index contributed by atoms with van der Waals surface area (Å²) in [6.45, 7) is 5.79. The highest BCUT2D eigenvalue weighted by molar-refractivity contribution is 6.32. The highest BCUT2D eigenvalue weighted by Gasteiger charge is 2.16. The zero-order valence-corrected chi connectivity index (χ0v) is 14.9. The lowest BCUT2D eigenvalue weighted by Gasteiger charge is -2.22. The first kappa shape index (κ1) is 18.0. The van der Waals surface area contributed by atoms with Crippen LogP contribution in [0.25, 0.3) is 0 Å². The van der Waals surface area contributed by atoms with Gasteiger partial charge in [0.1, 0.15) is 6.26 Å². The molecule has 124 valence electrons. The molecule has 1 aromatic heterocycles. The van der Waals surface area contributed by atoms with Crippen molar-refractivity contribution in [2.45, 2.75) is 26.4 Å². The summed E-state index contributed by atoms with van der Waals surface area (Å²) >= 11 is 11.9. The number of rotatable bonds is 4. The van der Waals surface area contributed by atoms with Crippen molar-refractivity contribution in [3.05, 3.63) is 52.7 Å². The van der Waals surface area contributed by atoms with Gasteiger partial charge in [-0.3, -0.25) is 4.90 Å². The van der Waals surface area contributed by atoms with E-state index in [0.717, 1.165) is 0 Å². The van der Waals surface area contributed by atoms with Crippen LogP contribution >= 0.6 is 23.2 Å². The van der Waals surface area contributed by atoms with E-state index < -0.39 is 0 Å². The molecule has 0 unspecified atom stereocenters. The summed E-state index contributed by atoms with van der Waals surface area (Å²) in [6.07, 6.45) is 3.18. The van der Waals surface area contributed by atoms with Crippen LogP contribution in [0.5, 0.6) is 0 Å². The standard InChI is InChI=1S/C16H15Cl2N5O/c1-16(2,3)24-9-8-23(12-6-4-11(10-19)5-7-12)14-13(17)21-22-15(18)20-14/h4-9H,1-3H3. The summed E-state index contributed by atoms with van der Waals surface area (Å²) < 4.78 is 5.60. The van der Waals surface area contributed by atoms with Crippen molar-refractivity contribution >= 4 is 34.7 Å². The number of anilines is 2. The highest BCUT2D eigenvalue weighted by atomic mass is 35.5. The average Bonchev–Trinajstić information content (AvgIpc) is 2.53. The van der Waals surface area contributed by atoms with Gasteiger partial charge in [0.15, 0.2) is 11.0 Å². The summed E-state index contributed by atoms with van der Waals surface area (Å²) in [4.78, 5) is 5.77. The van der Waals surface area contributed by atoms with E-state index >= 15 is 0 Å². The van der Waals surface area contributed by atoms with Crippen molar-refractivity contribution in [2.24, 2.45) is 0 Å². The van der Waals surface area contributed by atoms with Crippen molar-refractivity contribution in [1.29, 1.82) is 5.26 Å². The van der Waals surface area contributed by atoms with Crippen LogP contribution in [0.15, 0.2) is 36.7 Å². The molecule has 1 aromatic carbocycles. The molecule has 0 aliphatic rings. The number of hydrogen-bond donors (Lipinski definition) is 0. The van der Waals surface area contributed by atoms with Gasteiger partial charge in [-0.1, -0.05) is 11.6 Å². The van der Waals surface area contributed by atoms with Crippen LogP contribution in [0.2, 0.25) is 10.4 Å². The van der Waals surface area contributed by atoms with E-state index in [2.05, 4.69) is 21.3 Å². The number of halogens is 2. The lowest BCUT2D eigenvalue weighted by atomic mass is 10.2. The molecule has 0 amide bonds. The molecule has 24 heavy (non-hydrogen) atoms. The number of benzene rings is 1. The van der Waals surface area contributed by atoms with E-state index in [1.54, 1.807) is 35.4 Å². The van der Waals surface area contributed by atoms with E-state index in [0.29, 0.717) is 17.1 Å². The van der Waals surface area contributed by atoms with Crippen LogP contribution in [0, 0.1) is 11.3 Å². The van der Waals surface area contributed by atoms with E-state index in [-0.39, 0.29) is 16.0 Å². The molecule has 0 radical (unpaired) electrons. The number of aromatic nitrogens is 3. The minimum Gasteiger partial charge on any atom is -0.494 e. The molecule has 0 atom stereocenters. The summed E-state index contributed by atoms with van der Waals surface area (Å²) in [6, 6.07) is 8.95. The largest absolute Gasteiger partial charge is 0.494 e. The third kappa shape index (κ3) is 4.82.